The molecule has 94 valence electrons. The van der Waals surface area contributed by atoms with Gasteiger partial charge >= 0.3 is 0 Å². The number of hydrogen-bond acceptors (Lipinski definition) is 0. The lowest BCUT2D eigenvalue weighted by atomic mass is 10.0. The lowest BCUT2D eigenvalue weighted by molar-refractivity contribution is 1.19. The smallest absolute Gasteiger partial charge is 0.0781 e. The monoisotopic (exact) mass is 338 g/mol. The van der Waals surface area contributed by atoms with Gasteiger partial charge in [-0.2, -0.15) is 0 Å². The summed E-state index contributed by atoms with van der Waals surface area (Å²) in [6.45, 7) is 0. The largest absolute Gasteiger partial charge is 0.0827 e. The fourth-order valence-corrected chi connectivity index (χ4v) is 2.60. The zero-order chi connectivity index (χ0) is 13.3. The molecule has 0 fully saturated rings. The molecule has 0 aliphatic carbocycles. The van der Waals surface area contributed by atoms with Crippen LogP contribution in [-0.2, 0) is 6.42 Å². The van der Waals surface area contributed by atoms with Crippen LogP contribution in [0.15, 0.2) is 30.3 Å². The third-order valence-corrected chi connectivity index (χ3v) is 4.72. The van der Waals surface area contributed by atoms with Crippen LogP contribution < -0.4 is 0 Å². The van der Waals surface area contributed by atoms with E-state index < -0.39 is 0 Å². The molecule has 5 heteroatoms. The number of rotatable bonds is 2. The summed E-state index contributed by atoms with van der Waals surface area (Å²) in [5, 5.41) is 2.28. The normalized spacial score (nSPS) is 10.7. The van der Waals surface area contributed by atoms with Crippen molar-refractivity contribution in [2.75, 3.05) is 0 Å². The average Bonchev–Trinajstić information content (AvgIpc) is 2.35. The van der Waals surface area contributed by atoms with Gasteiger partial charge in [0.1, 0.15) is 0 Å². The van der Waals surface area contributed by atoms with Gasteiger partial charge in [0.25, 0.3) is 0 Å². The summed E-state index contributed by atoms with van der Waals surface area (Å²) in [6.07, 6.45) is 0.551. The van der Waals surface area contributed by atoms with E-state index in [4.69, 9.17) is 58.0 Å². The molecule has 0 N–H and O–H groups in total. The van der Waals surface area contributed by atoms with Crippen molar-refractivity contribution >= 4 is 58.0 Å². The molecule has 0 atom stereocenters. The molecule has 0 unspecified atom stereocenters. The minimum absolute atomic E-state index is 0.356. The Morgan fingerprint density at radius 1 is 0.611 bits per heavy atom. The Morgan fingerprint density at radius 3 is 1.94 bits per heavy atom. The molecule has 0 saturated carbocycles. The molecule has 0 aliphatic heterocycles. The number of hydrogen-bond donors (Lipinski definition) is 0. The minimum atomic E-state index is 0.356. The molecule has 0 bridgehead atoms. The summed E-state index contributed by atoms with van der Waals surface area (Å²) in [7, 11) is 0. The van der Waals surface area contributed by atoms with E-state index in [1.807, 2.05) is 18.2 Å². The van der Waals surface area contributed by atoms with Crippen molar-refractivity contribution in [1.82, 2.24) is 0 Å². The third kappa shape index (κ3) is 2.89. The first-order valence-corrected chi connectivity index (χ1v) is 6.95. The summed E-state index contributed by atoms with van der Waals surface area (Å²) >= 11 is 30.1. The predicted molar refractivity (Wildman–Crippen MR) is 80.7 cm³/mol. The maximum atomic E-state index is 6.15. The Labute approximate surface area is 130 Å². The second-order valence-corrected chi connectivity index (χ2v) is 5.67. The van der Waals surface area contributed by atoms with Crippen molar-refractivity contribution in [2.45, 2.75) is 6.42 Å². The van der Waals surface area contributed by atoms with Crippen molar-refractivity contribution in [2.24, 2.45) is 0 Å². The van der Waals surface area contributed by atoms with Crippen LogP contribution in [-0.4, -0.2) is 0 Å². The van der Waals surface area contributed by atoms with Gasteiger partial charge in [0, 0.05) is 6.42 Å². The molecule has 0 aliphatic rings. The van der Waals surface area contributed by atoms with Gasteiger partial charge < -0.3 is 0 Å². The summed E-state index contributed by atoms with van der Waals surface area (Å²) in [5.74, 6) is 0. The highest BCUT2D eigenvalue weighted by Gasteiger charge is 2.11. The van der Waals surface area contributed by atoms with Gasteiger partial charge in [-0.05, 0) is 23.3 Å². The molecule has 0 nitrogen and oxygen atoms in total. The molecular formula is C13H7Cl5. The summed E-state index contributed by atoms with van der Waals surface area (Å²) < 4.78 is 0. The molecule has 2 aromatic carbocycles. The van der Waals surface area contributed by atoms with Crippen molar-refractivity contribution in [3.8, 4) is 0 Å². The van der Waals surface area contributed by atoms with Crippen LogP contribution in [0.4, 0.5) is 0 Å². The van der Waals surface area contributed by atoms with Gasteiger partial charge in [0.05, 0.1) is 25.1 Å². The van der Waals surface area contributed by atoms with Gasteiger partial charge in [0.2, 0.25) is 0 Å². The first-order chi connectivity index (χ1) is 8.50. The van der Waals surface area contributed by atoms with Crippen molar-refractivity contribution in [1.29, 1.82) is 0 Å². The van der Waals surface area contributed by atoms with Gasteiger partial charge in [0.15, 0.2) is 0 Å². The molecule has 0 amide bonds. The fraction of sp³-hybridized carbons (Fsp3) is 0.0769. The second-order valence-electron chi connectivity index (χ2n) is 3.72. The highest BCUT2D eigenvalue weighted by molar-refractivity contribution is 6.48. The highest BCUT2D eigenvalue weighted by Crippen LogP contribution is 2.35. The first-order valence-electron chi connectivity index (χ1n) is 5.06. The lowest BCUT2D eigenvalue weighted by Gasteiger charge is -2.09. The highest BCUT2D eigenvalue weighted by atomic mass is 35.5. The van der Waals surface area contributed by atoms with Crippen LogP contribution in [0.2, 0.25) is 25.1 Å². The van der Waals surface area contributed by atoms with E-state index >= 15 is 0 Å². The molecule has 0 aromatic heterocycles. The van der Waals surface area contributed by atoms with E-state index in [0.29, 0.717) is 31.5 Å². The van der Waals surface area contributed by atoms with E-state index in [1.165, 1.54) is 0 Å². The maximum absolute atomic E-state index is 6.15. The van der Waals surface area contributed by atoms with E-state index in [2.05, 4.69) is 0 Å². The minimum Gasteiger partial charge on any atom is -0.0827 e. The molecule has 0 radical (unpaired) electrons. The summed E-state index contributed by atoms with van der Waals surface area (Å²) in [6, 6.07) is 9.02. The Hall–Kier alpha value is -0.110. The molecule has 2 aromatic rings. The van der Waals surface area contributed by atoms with Crippen molar-refractivity contribution < 1.29 is 0 Å². The molecule has 2 rings (SSSR count). The second kappa shape index (κ2) is 5.90. The predicted octanol–water partition coefficient (Wildman–Crippen LogP) is 6.54. The van der Waals surface area contributed by atoms with Crippen LogP contribution in [0.3, 0.4) is 0 Å². The maximum Gasteiger partial charge on any atom is 0.0781 e. The lowest BCUT2D eigenvalue weighted by Crippen LogP contribution is -1.92. The van der Waals surface area contributed by atoms with Gasteiger partial charge in [-0.3, -0.25) is 0 Å². The van der Waals surface area contributed by atoms with Crippen LogP contribution in [0.25, 0.3) is 0 Å². The molecule has 0 saturated heterocycles. The Bertz CT molecular complexity index is 592. The molecule has 0 heterocycles. The number of benzene rings is 2. The van der Waals surface area contributed by atoms with Crippen molar-refractivity contribution in [3.05, 3.63) is 66.6 Å². The van der Waals surface area contributed by atoms with Crippen LogP contribution in [0.5, 0.6) is 0 Å². The van der Waals surface area contributed by atoms with E-state index in [0.717, 1.165) is 11.1 Å². The standard InChI is InChI=1S/C13H7Cl5/c14-9-3-1-2-7(11(9)16)6-8-4-5-10(15)13(18)12(8)17/h1-5H,6H2. The first kappa shape index (κ1) is 14.3. The summed E-state index contributed by atoms with van der Waals surface area (Å²) in [5.41, 5.74) is 1.75. The van der Waals surface area contributed by atoms with E-state index in [9.17, 15) is 0 Å². The zero-order valence-corrected chi connectivity index (χ0v) is 12.8. The molecular weight excluding hydrogens is 333 g/mol. The Kier molecular flexibility index (Phi) is 4.69. The summed E-state index contributed by atoms with van der Waals surface area (Å²) in [4.78, 5) is 0. The third-order valence-electron chi connectivity index (χ3n) is 2.53. The number of halogens is 5. The quantitative estimate of drug-likeness (QED) is 0.544. The van der Waals surface area contributed by atoms with E-state index in [-0.39, 0.29) is 0 Å². The molecule has 18 heavy (non-hydrogen) atoms. The Balaban J connectivity index is 2.41. The zero-order valence-electron chi connectivity index (χ0n) is 8.98. The average molecular weight is 340 g/mol. The van der Waals surface area contributed by atoms with Gasteiger partial charge in [-0.15, -0.1) is 0 Å². The van der Waals surface area contributed by atoms with Crippen LogP contribution in [0, 0.1) is 0 Å². The van der Waals surface area contributed by atoms with Crippen molar-refractivity contribution in [3.63, 3.8) is 0 Å². The van der Waals surface area contributed by atoms with Crippen LogP contribution in [0.1, 0.15) is 11.1 Å². The van der Waals surface area contributed by atoms with Crippen LogP contribution >= 0.6 is 58.0 Å². The SMILES string of the molecule is Clc1cccc(Cc2ccc(Cl)c(Cl)c2Cl)c1Cl. The van der Waals surface area contributed by atoms with E-state index in [1.54, 1.807) is 12.1 Å². The van der Waals surface area contributed by atoms with Gasteiger partial charge in [-0.25, -0.2) is 0 Å². The van der Waals surface area contributed by atoms with Gasteiger partial charge in [-0.1, -0.05) is 76.2 Å². The molecule has 0 spiro atoms. The Morgan fingerprint density at radius 2 is 1.22 bits per heavy atom. The fourth-order valence-electron chi connectivity index (χ4n) is 1.59. The topological polar surface area (TPSA) is 0 Å².